The van der Waals surface area contributed by atoms with Crippen molar-refractivity contribution in [3.63, 3.8) is 0 Å². The van der Waals surface area contributed by atoms with E-state index < -0.39 is 5.97 Å². The number of rotatable bonds is 1. The quantitative estimate of drug-likeness (QED) is 0.514. The van der Waals surface area contributed by atoms with Crippen LogP contribution >= 0.6 is 0 Å². The van der Waals surface area contributed by atoms with Gasteiger partial charge in [0, 0.05) is 0 Å². The molecule has 10 heavy (non-hydrogen) atoms. The molecule has 0 aromatic carbocycles. The lowest BCUT2D eigenvalue weighted by Gasteiger charge is -1.99. The van der Waals surface area contributed by atoms with E-state index in [1.165, 1.54) is 0 Å². The van der Waals surface area contributed by atoms with Crippen molar-refractivity contribution < 1.29 is 9.90 Å². The summed E-state index contributed by atoms with van der Waals surface area (Å²) in [5, 5.41) is 11.2. The van der Waals surface area contributed by atoms with Crippen molar-refractivity contribution in [2.24, 2.45) is 0 Å². The molecule has 0 unspecified atom stereocenters. The predicted molar refractivity (Wildman–Crippen MR) is 34.2 cm³/mol. The van der Waals surface area contributed by atoms with Gasteiger partial charge in [-0.25, -0.2) is 0 Å². The van der Waals surface area contributed by atoms with Gasteiger partial charge in [0.05, 0.1) is 0 Å². The monoisotopic (exact) mass is 145 g/mol. The fourth-order valence-corrected chi connectivity index (χ4v) is 0.895. The molecule has 0 aromatic rings. The average molecular weight is 145 g/mol. The van der Waals surface area contributed by atoms with Crippen LogP contribution in [0.4, 0.5) is 0 Å². The van der Waals surface area contributed by atoms with Gasteiger partial charge in [-0.2, -0.15) is 0 Å². The van der Waals surface area contributed by atoms with Crippen molar-refractivity contribution in [2.45, 2.75) is 18.9 Å². The third-order valence-electron chi connectivity index (χ3n) is 1.36. The van der Waals surface area contributed by atoms with Gasteiger partial charge in [-0.05, 0) is 19.4 Å². The van der Waals surface area contributed by atoms with Crippen LogP contribution in [-0.4, -0.2) is 23.7 Å². The summed E-state index contributed by atoms with van der Waals surface area (Å²) in [7, 11) is 0. The molecule has 1 aliphatic rings. The molecule has 5 heteroatoms. The first kappa shape index (κ1) is 9.03. The topological polar surface area (TPSA) is 88.7 Å². The van der Waals surface area contributed by atoms with Gasteiger partial charge in [-0.15, -0.1) is 0 Å². The second kappa shape index (κ2) is 4.87. The number of nitrogens with one attached hydrogen (secondary N) is 1. The van der Waals surface area contributed by atoms with Crippen molar-refractivity contribution in [3.8, 4) is 0 Å². The Kier molecular flexibility index (Phi) is 4.39. The third kappa shape index (κ3) is 2.54. The second-order valence-electron chi connectivity index (χ2n) is 1.99. The highest BCUT2D eigenvalue weighted by atomic mass is 16.4. The summed E-state index contributed by atoms with van der Waals surface area (Å²) in [5.74, 6) is -0.720. The van der Waals surface area contributed by atoms with Gasteiger partial charge in [0.2, 0.25) is 0 Å². The van der Waals surface area contributed by atoms with E-state index in [4.69, 9.17) is 15.6 Å². The molecule has 2 N–H and O–H groups in total. The lowest BCUT2D eigenvalue weighted by Crippen LogP contribution is -2.29. The Hall–Kier alpha value is -0.970. The highest BCUT2D eigenvalue weighted by molar-refractivity contribution is 5.73. The maximum Gasteiger partial charge on any atom is 0.813 e. The molecule has 1 fully saturated rings. The zero-order chi connectivity index (χ0) is 7.98. The van der Waals surface area contributed by atoms with Gasteiger partial charge in [0.15, 0.2) is 4.91 Å². The van der Waals surface area contributed by atoms with E-state index in [0.29, 0.717) is 0 Å². The minimum absolute atomic E-state index is 0.269. The normalized spacial score (nSPS) is 23.0. The molecule has 1 rings (SSSR count). The first-order chi connectivity index (χ1) is 4.80. The van der Waals surface area contributed by atoms with Gasteiger partial charge in [0.25, 0.3) is 0 Å². The number of carboxylic acids is 1. The molecular formula is C5H9N2O3+. The number of aliphatic carboxylic acids is 1. The Morgan fingerprint density at radius 1 is 1.60 bits per heavy atom. The summed E-state index contributed by atoms with van der Waals surface area (Å²) in [5.41, 5.74) is 5.75. The maximum absolute atomic E-state index is 10.1. The molecule has 56 valence electrons. The van der Waals surface area contributed by atoms with E-state index in [-0.39, 0.29) is 6.04 Å². The van der Waals surface area contributed by atoms with Crippen molar-refractivity contribution in [2.75, 3.05) is 6.54 Å². The van der Waals surface area contributed by atoms with E-state index in [1.807, 2.05) is 0 Å². The van der Waals surface area contributed by atoms with Crippen LogP contribution in [0.3, 0.4) is 0 Å². The maximum atomic E-state index is 10.1. The molecule has 0 spiro atoms. The van der Waals surface area contributed by atoms with Crippen molar-refractivity contribution in [1.29, 1.82) is 0 Å². The Morgan fingerprint density at radius 3 is 2.40 bits per heavy atom. The number of hydrogen-bond acceptors (Lipinski definition) is 3. The van der Waals surface area contributed by atoms with Crippen LogP contribution in [0.25, 0.3) is 0 Å². The summed E-state index contributed by atoms with van der Waals surface area (Å²) in [6, 6.07) is -0.269. The van der Waals surface area contributed by atoms with Crippen LogP contribution in [0, 0.1) is 4.91 Å². The van der Waals surface area contributed by atoms with Gasteiger partial charge >= 0.3 is 11.6 Å². The molecule has 2 radical (unpaired) electrons. The summed E-state index contributed by atoms with van der Waals surface area (Å²) in [6.45, 7) is 0.858. The average Bonchev–Trinajstić information content (AvgIpc) is 2.42. The fourth-order valence-electron chi connectivity index (χ4n) is 0.895. The summed E-state index contributed by atoms with van der Waals surface area (Å²) < 4.78 is 0. The van der Waals surface area contributed by atoms with E-state index in [2.05, 4.69) is 5.32 Å². The van der Waals surface area contributed by atoms with Gasteiger partial charge < -0.3 is 10.4 Å². The van der Waals surface area contributed by atoms with E-state index in [1.54, 1.807) is 0 Å². The van der Waals surface area contributed by atoms with Crippen LogP contribution in [0.1, 0.15) is 12.8 Å². The van der Waals surface area contributed by atoms with Crippen LogP contribution in [0.15, 0.2) is 0 Å². The Bertz CT molecular complexity index is 111. The molecule has 5 nitrogen and oxygen atoms in total. The molecular weight excluding hydrogens is 136 g/mol. The molecule has 0 amide bonds. The van der Waals surface area contributed by atoms with Gasteiger partial charge in [0.1, 0.15) is 6.04 Å². The summed E-state index contributed by atoms with van der Waals surface area (Å²) in [4.78, 5) is 17.4. The van der Waals surface area contributed by atoms with E-state index in [0.717, 1.165) is 19.4 Å². The second-order valence-corrected chi connectivity index (χ2v) is 1.99. The minimum atomic E-state index is -0.720. The Balaban J connectivity index is 0.000000371. The van der Waals surface area contributed by atoms with Gasteiger partial charge in [-0.1, -0.05) is 0 Å². The van der Waals surface area contributed by atoms with Crippen LogP contribution < -0.4 is 10.9 Å². The minimum Gasteiger partial charge on any atom is -0.480 e. The lowest BCUT2D eigenvalue weighted by molar-refractivity contribution is -0.139. The number of nitrogens with zero attached hydrogens (tertiary/aromatic N) is 1. The highest BCUT2D eigenvalue weighted by Crippen LogP contribution is 2.03. The summed E-state index contributed by atoms with van der Waals surface area (Å²) in [6.07, 6.45) is 1.78. The fraction of sp³-hybridized carbons (Fsp3) is 0.800. The van der Waals surface area contributed by atoms with Crippen molar-refractivity contribution in [3.05, 3.63) is 4.91 Å². The first-order valence-electron chi connectivity index (χ1n) is 2.95. The van der Waals surface area contributed by atoms with Gasteiger partial charge in [-0.3, -0.25) is 4.79 Å². The standard InChI is InChI=1S/C5H9NO2.NO/c7-5(8)4-2-1-3-6-4;1-2/h4,6H,1-3H2,(H,7,8);/q;+1/t4-;/m0./s1. The lowest BCUT2D eigenvalue weighted by atomic mass is 10.2. The number of hydrogen-bond donors (Lipinski definition) is 2. The molecule has 0 bridgehead atoms. The highest BCUT2D eigenvalue weighted by Gasteiger charge is 2.20. The van der Waals surface area contributed by atoms with E-state index in [9.17, 15) is 4.79 Å². The first-order valence-corrected chi connectivity index (χ1v) is 2.95. The number of carbonyl (C=O) groups is 1. The molecule has 1 saturated heterocycles. The summed E-state index contributed by atoms with van der Waals surface area (Å²) >= 11 is 0. The molecule has 1 atom stereocenters. The van der Waals surface area contributed by atoms with Crippen molar-refractivity contribution in [1.82, 2.24) is 10.9 Å². The molecule has 1 heterocycles. The van der Waals surface area contributed by atoms with E-state index >= 15 is 0 Å². The van der Waals surface area contributed by atoms with Crippen LogP contribution in [0.5, 0.6) is 0 Å². The largest absolute Gasteiger partial charge is 0.813 e. The Morgan fingerprint density at radius 2 is 2.20 bits per heavy atom. The van der Waals surface area contributed by atoms with Crippen molar-refractivity contribution >= 4 is 5.97 Å². The van der Waals surface area contributed by atoms with Crippen LogP contribution in [0.2, 0.25) is 0 Å². The molecule has 0 aromatic heterocycles. The predicted octanol–water partition coefficient (Wildman–Crippen LogP) is -0.624. The molecule has 1 aliphatic heterocycles. The third-order valence-corrected chi connectivity index (χ3v) is 1.36. The smallest absolute Gasteiger partial charge is 0.480 e. The SMILES string of the molecule is O=C(O)[C@@H]1CCCN1.[N+]=O. The zero-order valence-corrected chi connectivity index (χ0v) is 5.41. The van der Waals surface area contributed by atoms with Crippen LogP contribution in [-0.2, 0) is 4.79 Å². The number of carboxylic acid groups (broad SMARTS) is 1. The zero-order valence-electron chi connectivity index (χ0n) is 5.41. The number of nitroso groups, excluding NO2 is 1. The molecule has 0 aliphatic carbocycles. The molecule has 0 saturated carbocycles. The Labute approximate surface area is 58.2 Å².